The molecule has 0 aliphatic carbocycles. The minimum Gasteiger partial charge on any atom is -0.480 e. The summed E-state index contributed by atoms with van der Waals surface area (Å²) >= 11 is 6.04. The topological polar surface area (TPSA) is 164 Å². The molecule has 0 saturated carbocycles. The SMILES string of the molecule is NCCCC[C@H](N)C(=O)O.O=C(O)c1ccc2c(c1)nc(Nc1cccc(Cl)c1)c1ccncc12. The van der Waals surface area contributed by atoms with Crippen LogP contribution in [0.1, 0.15) is 29.6 Å². The van der Waals surface area contributed by atoms with Crippen molar-refractivity contribution < 1.29 is 19.8 Å². The van der Waals surface area contributed by atoms with E-state index < -0.39 is 18.0 Å². The summed E-state index contributed by atoms with van der Waals surface area (Å²) in [5, 5.41) is 24.1. The maximum Gasteiger partial charge on any atom is 0.335 e. The normalized spacial score (nSPS) is 11.5. The zero-order valence-corrected chi connectivity index (χ0v) is 19.6. The summed E-state index contributed by atoms with van der Waals surface area (Å²) in [7, 11) is 0. The summed E-state index contributed by atoms with van der Waals surface area (Å²) in [5.41, 5.74) is 12.0. The van der Waals surface area contributed by atoms with Crippen molar-refractivity contribution in [3.05, 3.63) is 71.5 Å². The molecule has 0 fully saturated rings. The highest BCUT2D eigenvalue weighted by Gasteiger charge is 2.12. The van der Waals surface area contributed by atoms with E-state index in [9.17, 15) is 14.7 Å². The highest BCUT2D eigenvalue weighted by molar-refractivity contribution is 6.30. The van der Waals surface area contributed by atoms with Crippen LogP contribution >= 0.6 is 11.6 Å². The largest absolute Gasteiger partial charge is 0.480 e. The smallest absolute Gasteiger partial charge is 0.335 e. The van der Waals surface area contributed by atoms with Crippen LogP contribution in [0.15, 0.2) is 60.9 Å². The van der Waals surface area contributed by atoms with E-state index in [1.807, 2.05) is 18.2 Å². The zero-order chi connectivity index (χ0) is 25.4. The first-order valence-corrected chi connectivity index (χ1v) is 11.3. The predicted molar refractivity (Wildman–Crippen MR) is 137 cm³/mol. The highest BCUT2D eigenvalue weighted by atomic mass is 35.5. The Kier molecular flexibility index (Phi) is 8.91. The van der Waals surface area contributed by atoms with E-state index in [2.05, 4.69) is 15.3 Å². The number of carbonyl (C=O) groups is 2. The van der Waals surface area contributed by atoms with Crippen molar-refractivity contribution in [2.75, 3.05) is 11.9 Å². The molecular formula is C25H26ClN5O4. The number of pyridine rings is 2. The van der Waals surface area contributed by atoms with Crippen LogP contribution in [0.4, 0.5) is 11.5 Å². The predicted octanol–water partition coefficient (Wildman–Crippen LogP) is 4.41. The lowest BCUT2D eigenvalue weighted by Crippen LogP contribution is -2.29. The molecule has 7 N–H and O–H groups in total. The minimum atomic E-state index is -0.987. The van der Waals surface area contributed by atoms with Gasteiger partial charge in [0, 0.05) is 39.3 Å². The summed E-state index contributed by atoms with van der Waals surface area (Å²) in [6.07, 6.45) is 5.62. The van der Waals surface area contributed by atoms with Crippen molar-refractivity contribution in [1.82, 2.24) is 9.97 Å². The molecule has 0 radical (unpaired) electrons. The van der Waals surface area contributed by atoms with Gasteiger partial charge in [-0.15, -0.1) is 0 Å². The molecule has 4 aromatic rings. The van der Waals surface area contributed by atoms with Gasteiger partial charge in [0.15, 0.2) is 0 Å². The van der Waals surface area contributed by atoms with Gasteiger partial charge in [-0.05, 0) is 55.8 Å². The number of benzene rings is 2. The van der Waals surface area contributed by atoms with Crippen LogP contribution in [0.5, 0.6) is 0 Å². The number of hydrogen-bond acceptors (Lipinski definition) is 7. The molecule has 4 rings (SSSR count). The first kappa shape index (κ1) is 25.8. The van der Waals surface area contributed by atoms with Crippen molar-refractivity contribution >= 4 is 56.7 Å². The molecule has 1 atom stereocenters. The minimum absolute atomic E-state index is 0.192. The molecule has 9 nitrogen and oxygen atoms in total. The van der Waals surface area contributed by atoms with E-state index in [-0.39, 0.29) is 5.56 Å². The molecule has 0 amide bonds. The van der Waals surface area contributed by atoms with E-state index in [0.29, 0.717) is 29.3 Å². The van der Waals surface area contributed by atoms with E-state index >= 15 is 0 Å². The van der Waals surface area contributed by atoms with E-state index in [1.54, 1.807) is 42.7 Å². The molecule has 0 aliphatic rings. The molecule has 35 heavy (non-hydrogen) atoms. The molecule has 0 spiro atoms. The van der Waals surface area contributed by atoms with Gasteiger partial charge in [-0.2, -0.15) is 0 Å². The van der Waals surface area contributed by atoms with E-state index in [4.69, 9.17) is 28.2 Å². The summed E-state index contributed by atoms with van der Waals surface area (Å²) in [6, 6.07) is 13.4. The van der Waals surface area contributed by atoms with Crippen LogP contribution in [0.3, 0.4) is 0 Å². The number of carboxylic acids is 2. The Balaban J connectivity index is 0.000000292. The second-order valence-electron chi connectivity index (χ2n) is 7.78. The average Bonchev–Trinajstić information content (AvgIpc) is 2.84. The Labute approximate surface area is 206 Å². The van der Waals surface area contributed by atoms with Crippen molar-refractivity contribution in [2.24, 2.45) is 11.5 Å². The Hall–Kier alpha value is -3.79. The van der Waals surface area contributed by atoms with Crippen LogP contribution in [0.25, 0.3) is 21.7 Å². The first-order chi connectivity index (χ1) is 16.8. The van der Waals surface area contributed by atoms with E-state index in [0.717, 1.165) is 34.7 Å². The summed E-state index contributed by atoms with van der Waals surface area (Å²) in [4.78, 5) is 30.2. The molecule has 0 bridgehead atoms. The third-order valence-corrected chi connectivity index (χ3v) is 5.45. The number of unbranched alkanes of at least 4 members (excludes halogenated alkanes) is 1. The number of aromatic carboxylic acids is 1. The number of anilines is 2. The number of carboxylic acid groups (broad SMARTS) is 2. The van der Waals surface area contributed by atoms with Crippen LogP contribution in [0, 0.1) is 0 Å². The lowest BCUT2D eigenvalue weighted by atomic mass is 10.1. The van der Waals surface area contributed by atoms with Gasteiger partial charge in [0.1, 0.15) is 11.9 Å². The van der Waals surface area contributed by atoms with Gasteiger partial charge < -0.3 is 27.0 Å². The molecule has 0 saturated heterocycles. The quantitative estimate of drug-likeness (QED) is 0.176. The lowest BCUT2D eigenvalue weighted by Gasteiger charge is -2.12. The van der Waals surface area contributed by atoms with Gasteiger partial charge in [-0.3, -0.25) is 9.78 Å². The number of nitrogens with zero attached hydrogens (tertiary/aromatic N) is 2. The molecule has 10 heteroatoms. The number of aromatic nitrogens is 2. The van der Waals surface area contributed by atoms with Gasteiger partial charge in [-0.25, -0.2) is 9.78 Å². The van der Waals surface area contributed by atoms with Crippen molar-refractivity contribution in [2.45, 2.75) is 25.3 Å². The van der Waals surface area contributed by atoms with Crippen LogP contribution in [-0.2, 0) is 4.79 Å². The van der Waals surface area contributed by atoms with E-state index in [1.165, 1.54) is 0 Å². The van der Waals surface area contributed by atoms with Crippen LogP contribution < -0.4 is 16.8 Å². The number of nitrogens with one attached hydrogen (secondary N) is 1. The summed E-state index contributed by atoms with van der Waals surface area (Å²) < 4.78 is 0. The maximum atomic E-state index is 11.3. The maximum absolute atomic E-state index is 11.3. The van der Waals surface area contributed by atoms with Crippen molar-refractivity contribution in [3.8, 4) is 0 Å². The fourth-order valence-electron chi connectivity index (χ4n) is 3.41. The lowest BCUT2D eigenvalue weighted by molar-refractivity contribution is -0.138. The Morgan fingerprint density at radius 1 is 1.03 bits per heavy atom. The van der Waals surface area contributed by atoms with Crippen LogP contribution in [-0.4, -0.2) is 44.7 Å². The molecule has 182 valence electrons. The number of fused-ring (bicyclic) bond motifs is 3. The molecule has 2 heterocycles. The highest BCUT2D eigenvalue weighted by Crippen LogP contribution is 2.31. The summed E-state index contributed by atoms with van der Waals surface area (Å²) in [5.74, 6) is -1.30. The van der Waals surface area contributed by atoms with Gasteiger partial charge in [0.2, 0.25) is 0 Å². The second kappa shape index (κ2) is 12.1. The van der Waals surface area contributed by atoms with Gasteiger partial charge in [0.05, 0.1) is 11.1 Å². The summed E-state index contributed by atoms with van der Waals surface area (Å²) in [6.45, 7) is 0.604. The Morgan fingerprint density at radius 2 is 1.83 bits per heavy atom. The molecule has 0 unspecified atom stereocenters. The van der Waals surface area contributed by atoms with Gasteiger partial charge in [0.25, 0.3) is 0 Å². The van der Waals surface area contributed by atoms with Crippen molar-refractivity contribution in [3.63, 3.8) is 0 Å². The number of hydrogen-bond donors (Lipinski definition) is 5. The number of rotatable bonds is 8. The van der Waals surface area contributed by atoms with Gasteiger partial charge >= 0.3 is 11.9 Å². The standard InChI is InChI=1S/C19H12ClN3O2.C6H14N2O2/c20-12-2-1-3-13(9-12)22-18-15-6-7-21-10-16(15)14-5-4-11(19(24)25)8-17(14)23-18;7-4-2-1-3-5(8)6(9)10/h1-10H,(H,22,23)(H,24,25);5H,1-4,7-8H2,(H,9,10)/t;5-/m.0/s1. The first-order valence-electron chi connectivity index (χ1n) is 10.9. The fourth-order valence-corrected chi connectivity index (χ4v) is 3.60. The molecule has 2 aromatic heterocycles. The molecule has 2 aromatic carbocycles. The fraction of sp³-hybridized carbons (Fsp3) is 0.200. The Morgan fingerprint density at radius 3 is 2.51 bits per heavy atom. The molecular weight excluding hydrogens is 470 g/mol. The van der Waals surface area contributed by atoms with Crippen LogP contribution in [0.2, 0.25) is 5.02 Å². The molecule has 0 aliphatic heterocycles. The number of nitrogens with two attached hydrogens (primary N) is 2. The zero-order valence-electron chi connectivity index (χ0n) is 18.8. The van der Waals surface area contributed by atoms with Crippen molar-refractivity contribution in [1.29, 1.82) is 0 Å². The number of aliphatic carboxylic acids is 1. The monoisotopic (exact) mass is 495 g/mol. The average molecular weight is 496 g/mol. The Bertz CT molecular complexity index is 1350. The van der Waals surface area contributed by atoms with Gasteiger partial charge in [-0.1, -0.05) is 30.2 Å². The third kappa shape index (κ3) is 6.86. The third-order valence-electron chi connectivity index (χ3n) is 5.22. The number of halogens is 1. The second-order valence-corrected chi connectivity index (χ2v) is 8.22.